The summed E-state index contributed by atoms with van der Waals surface area (Å²) in [5.41, 5.74) is 0.853. The van der Waals surface area contributed by atoms with E-state index in [1.165, 1.54) is 12.1 Å². The van der Waals surface area contributed by atoms with Gasteiger partial charge in [-0.15, -0.1) is 0 Å². The third-order valence-electron chi connectivity index (χ3n) is 2.18. The topological polar surface area (TPSA) is 24.9 Å². The number of halogens is 3. The van der Waals surface area contributed by atoms with Crippen molar-refractivity contribution in [1.29, 1.82) is 0 Å². The first kappa shape index (κ1) is 12.5. The first-order valence-electron chi connectivity index (χ1n) is 4.95. The number of hydrogen-bond acceptors (Lipinski definition) is 2. The molecule has 0 bridgehead atoms. The zero-order chi connectivity index (χ0) is 12.3. The number of nitrogens with one attached hydrogen (secondary N) is 1. The molecule has 0 amide bonds. The van der Waals surface area contributed by atoms with Crippen LogP contribution in [0.25, 0.3) is 0 Å². The lowest BCUT2D eigenvalue weighted by Gasteiger charge is -2.07. The minimum Gasteiger partial charge on any atom is -0.366 e. The van der Waals surface area contributed by atoms with E-state index in [0.29, 0.717) is 6.54 Å². The Labute approximate surface area is 116 Å². The molecule has 0 unspecified atom stereocenters. The zero-order valence-electron chi connectivity index (χ0n) is 8.75. The molecular formula is C12H9Br2FN2. The molecule has 0 spiro atoms. The fraction of sp³-hybridized carbons (Fsp3) is 0.0833. The number of nitrogens with zero attached hydrogens (tertiary/aromatic N) is 1. The quantitative estimate of drug-likeness (QED) is 0.823. The summed E-state index contributed by atoms with van der Waals surface area (Å²) in [7, 11) is 0. The van der Waals surface area contributed by atoms with Gasteiger partial charge in [-0.05, 0) is 51.8 Å². The van der Waals surface area contributed by atoms with Crippen LogP contribution in [0.3, 0.4) is 0 Å². The van der Waals surface area contributed by atoms with Crippen molar-refractivity contribution in [1.82, 2.24) is 4.98 Å². The molecule has 1 aromatic carbocycles. The van der Waals surface area contributed by atoms with Gasteiger partial charge in [0, 0.05) is 11.0 Å². The normalized spacial score (nSPS) is 10.3. The maximum absolute atomic E-state index is 13.1. The molecule has 0 radical (unpaired) electrons. The summed E-state index contributed by atoms with van der Waals surface area (Å²) >= 11 is 6.68. The molecule has 1 N–H and O–H groups in total. The first-order valence-corrected chi connectivity index (χ1v) is 6.54. The Kier molecular flexibility index (Phi) is 4.12. The van der Waals surface area contributed by atoms with Gasteiger partial charge in [0.1, 0.15) is 16.2 Å². The molecule has 0 aliphatic heterocycles. The molecule has 0 saturated heterocycles. The van der Waals surface area contributed by atoms with E-state index in [9.17, 15) is 4.39 Å². The van der Waals surface area contributed by atoms with Crippen molar-refractivity contribution in [3.05, 3.63) is 56.9 Å². The van der Waals surface area contributed by atoms with E-state index < -0.39 is 0 Å². The lowest BCUT2D eigenvalue weighted by atomic mass is 10.2. The highest BCUT2D eigenvalue weighted by Gasteiger charge is 2.02. The van der Waals surface area contributed by atoms with E-state index >= 15 is 0 Å². The van der Waals surface area contributed by atoms with Crippen molar-refractivity contribution in [3.63, 3.8) is 0 Å². The highest BCUT2D eigenvalue weighted by molar-refractivity contribution is 9.10. The maximum Gasteiger partial charge on any atom is 0.127 e. The molecule has 1 heterocycles. The van der Waals surface area contributed by atoms with Gasteiger partial charge in [0.25, 0.3) is 0 Å². The van der Waals surface area contributed by atoms with Crippen molar-refractivity contribution >= 4 is 37.7 Å². The molecule has 1 aromatic heterocycles. The molecule has 0 fully saturated rings. The number of aromatic nitrogens is 1. The highest BCUT2D eigenvalue weighted by atomic mass is 79.9. The summed E-state index contributed by atoms with van der Waals surface area (Å²) in [6.07, 6.45) is 0. The van der Waals surface area contributed by atoms with Crippen LogP contribution in [-0.2, 0) is 6.54 Å². The van der Waals surface area contributed by atoms with Gasteiger partial charge in [0.05, 0.1) is 0 Å². The summed E-state index contributed by atoms with van der Waals surface area (Å²) in [5.74, 6) is 0.503. The van der Waals surface area contributed by atoms with E-state index in [1.807, 2.05) is 18.2 Å². The monoisotopic (exact) mass is 358 g/mol. The van der Waals surface area contributed by atoms with Gasteiger partial charge < -0.3 is 5.32 Å². The molecule has 0 atom stereocenters. The number of hydrogen-bond donors (Lipinski definition) is 1. The Morgan fingerprint density at radius 3 is 2.76 bits per heavy atom. The summed E-state index contributed by atoms with van der Waals surface area (Å²) in [4.78, 5) is 4.24. The first-order chi connectivity index (χ1) is 8.15. The molecule has 2 rings (SSSR count). The molecule has 2 aromatic rings. The molecule has 0 saturated carbocycles. The molecule has 17 heavy (non-hydrogen) atoms. The third-order valence-corrected chi connectivity index (χ3v) is 3.40. The zero-order valence-corrected chi connectivity index (χ0v) is 11.9. The minimum atomic E-state index is -0.243. The van der Waals surface area contributed by atoms with E-state index in [0.717, 1.165) is 20.5 Å². The number of benzene rings is 1. The van der Waals surface area contributed by atoms with Crippen LogP contribution in [0.15, 0.2) is 45.5 Å². The molecule has 2 nitrogen and oxygen atoms in total. The maximum atomic E-state index is 13.1. The van der Waals surface area contributed by atoms with Crippen LogP contribution in [0, 0.1) is 5.82 Å². The summed E-state index contributed by atoms with van der Waals surface area (Å²) in [6, 6.07) is 10.2. The molecule has 88 valence electrons. The highest BCUT2D eigenvalue weighted by Crippen LogP contribution is 2.19. The lowest BCUT2D eigenvalue weighted by Crippen LogP contribution is -2.02. The Morgan fingerprint density at radius 2 is 2.00 bits per heavy atom. The number of anilines is 1. The summed E-state index contributed by atoms with van der Waals surface area (Å²) in [6.45, 7) is 0.516. The predicted octanol–water partition coefficient (Wildman–Crippen LogP) is 4.36. The molecule has 5 heteroatoms. The Morgan fingerprint density at radius 1 is 1.18 bits per heavy atom. The molecule has 0 aliphatic carbocycles. The van der Waals surface area contributed by atoms with Gasteiger partial charge in [-0.2, -0.15) is 0 Å². The van der Waals surface area contributed by atoms with Gasteiger partial charge in [0.2, 0.25) is 0 Å². The van der Waals surface area contributed by atoms with Gasteiger partial charge in [-0.3, -0.25) is 0 Å². The number of pyridine rings is 1. The van der Waals surface area contributed by atoms with Gasteiger partial charge in [-0.25, -0.2) is 9.37 Å². The third kappa shape index (κ3) is 3.51. The number of rotatable bonds is 3. The van der Waals surface area contributed by atoms with E-state index in [4.69, 9.17) is 0 Å². The average molecular weight is 360 g/mol. The SMILES string of the molecule is Fc1ccc(Br)c(CNc2cccc(Br)n2)c1. The van der Waals surface area contributed by atoms with Crippen LogP contribution in [0.4, 0.5) is 10.2 Å². The van der Waals surface area contributed by atoms with E-state index in [-0.39, 0.29) is 5.82 Å². The van der Waals surface area contributed by atoms with Crippen molar-refractivity contribution in [2.24, 2.45) is 0 Å². The average Bonchev–Trinajstić information content (AvgIpc) is 2.30. The largest absolute Gasteiger partial charge is 0.366 e. The lowest BCUT2D eigenvalue weighted by molar-refractivity contribution is 0.625. The predicted molar refractivity (Wildman–Crippen MR) is 73.4 cm³/mol. The van der Waals surface area contributed by atoms with Crippen molar-refractivity contribution in [2.75, 3.05) is 5.32 Å². The van der Waals surface area contributed by atoms with Crippen molar-refractivity contribution in [2.45, 2.75) is 6.54 Å². The van der Waals surface area contributed by atoms with E-state index in [1.54, 1.807) is 6.07 Å². The van der Waals surface area contributed by atoms with Crippen LogP contribution in [0.2, 0.25) is 0 Å². The second kappa shape index (κ2) is 5.60. The smallest absolute Gasteiger partial charge is 0.127 e. The summed E-state index contributed by atoms with van der Waals surface area (Å²) in [5, 5.41) is 3.13. The van der Waals surface area contributed by atoms with E-state index in [2.05, 4.69) is 42.2 Å². The van der Waals surface area contributed by atoms with Crippen LogP contribution >= 0.6 is 31.9 Å². The van der Waals surface area contributed by atoms with Crippen LogP contribution in [0.1, 0.15) is 5.56 Å². The Balaban J connectivity index is 2.09. The summed E-state index contributed by atoms with van der Waals surface area (Å²) < 4.78 is 14.7. The standard InChI is InChI=1S/C12H9Br2FN2/c13-10-5-4-9(15)6-8(10)7-16-12-3-1-2-11(14)17-12/h1-6H,7H2,(H,16,17). The second-order valence-electron chi connectivity index (χ2n) is 3.43. The Hall–Kier alpha value is -0.940. The van der Waals surface area contributed by atoms with Gasteiger partial charge in [0.15, 0.2) is 0 Å². The van der Waals surface area contributed by atoms with Crippen molar-refractivity contribution in [3.8, 4) is 0 Å². The van der Waals surface area contributed by atoms with Gasteiger partial charge in [-0.1, -0.05) is 22.0 Å². The minimum absolute atomic E-state index is 0.243. The second-order valence-corrected chi connectivity index (χ2v) is 5.10. The van der Waals surface area contributed by atoms with Crippen molar-refractivity contribution < 1.29 is 4.39 Å². The Bertz CT molecular complexity index is 532. The van der Waals surface area contributed by atoms with Crippen LogP contribution in [0.5, 0.6) is 0 Å². The van der Waals surface area contributed by atoms with Crippen LogP contribution in [-0.4, -0.2) is 4.98 Å². The fourth-order valence-corrected chi connectivity index (χ4v) is 2.10. The molecular weight excluding hydrogens is 351 g/mol. The molecule has 0 aliphatic rings. The fourth-order valence-electron chi connectivity index (χ4n) is 1.37. The van der Waals surface area contributed by atoms with Gasteiger partial charge >= 0.3 is 0 Å². The van der Waals surface area contributed by atoms with Crippen LogP contribution < -0.4 is 5.32 Å².